The summed E-state index contributed by atoms with van der Waals surface area (Å²) >= 11 is 0. The SMILES string of the molecule is COC(=O)/C(NC(=O)OC(C)(C)C)=C(/c1ccccc1)n1ccnc1. The summed E-state index contributed by atoms with van der Waals surface area (Å²) < 4.78 is 11.7. The Morgan fingerprint density at radius 2 is 1.84 bits per heavy atom. The first-order chi connectivity index (χ1) is 11.8. The van der Waals surface area contributed by atoms with Crippen LogP contribution in [0.5, 0.6) is 0 Å². The maximum atomic E-state index is 12.3. The second-order valence-corrected chi connectivity index (χ2v) is 6.18. The molecule has 132 valence electrons. The molecule has 0 aliphatic heterocycles. The van der Waals surface area contributed by atoms with Gasteiger partial charge in [-0.2, -0.15) is 0 Å². The monoisotopic (exact) mass is 343 g/mol. The Bertz CT molecular complexity index is 759. The van der Waals surface area contributed by atoms with Crippen LogP contribution in [0.2, 0.25) is 0 Å². The third-order valence-electron chi connectivity index (χ3n) is 3.06. The Hall–Kier alpha value is -3.09. The lowest BCUT2D eigenvalue weighted by Gasteiger charge is -2.21. The van der Waals surface area contributed by atoms with E-state index in [0.29, 0.717) is 11.3 Å². The molecule has 1 N–H and O–H groups in total. The van der Waals surface area contributed by atoms with Crippen molar-refractivity contribution in [2.45, 2.75) is 26.4 Å². The summed E-state index contributed by atoms with van der Waals surface area (Å²) in [5.41, 5.74) is 0.390. The van der Waals surface area contributed by atoms with Crippen molar-refractivity contribution in [3.8, 4) is 0 Å². The lowest BCUT2D eigenvalue weighted by Crippen LogP contribution is -2.35. The average Bonchev–Trinajstić information content (AvgIpc) is 3.07. The van der Waals surface area contributed by atoms with Crippen LogP contribution in [0.3, 0.4) is 0 Å². The Morgan fingerprint density at radius 3 is 2.36 bits per heavy atom. The van der Waals surface area contributed by atoms with Crippen LogP contribution in [0.15, 0.2) is 54.7 Å². The van der Waals surface area contributed by atoms with Crippen LogP contribution in [0.4, 0.5) is 4.79 Å². The Kier molecular flexibility index (Phi) is 5.59. The van der Waals surface area contributed by atoms with Gasteiger partial charge in [-0.05, 0) is 20.8 Å². The molecule has 25 heavy (non-hydrogen) atoms. The maximum absolute atomic E-state index is 12.3. The molecule has 2 aromatic rings. The molecule has 1 amide bonds. The number of methoxy groups -OCH3 is 1. The van der Waals surface area contributed by atoms with Gasteiger partial charge in [0.05, 0.1) is 19.1 Å². The predicted molar refractivity (Wildman–Crippen MR) is 92.4 cm³/mol. The largest absolute Gasteiger partial charge is 0.464 e. The number of carbonyl (C=O) groups is 2. The minimum Gasteiger partial charge on any atom is -0.464 e. The number of rotatable bonds is 4. The summed E-state index contributed by atoms with van der Waals surface area (Å²) in [6.45, 7) is 5.21. The van der Waals surface area contributed by atoms with Crippen LogP contribution in [0.1, 0.15) is 26.3 Å². The molecule has 0 unspecified atom stereocenters. The fraction of sp³-hybridized carbons (Fsp3) is 0.278. The minimum atomic E-state index is -0.749. The lowest BCUT2D eigenvalue weighted by molar-refractivity contribution is -0.136. The molecule has 7 nitrogen and oxygen atoms in total. The van der Waals surface area contributed by atoms with Crippen molar-refractivity contribution in [3.05, 3.63) is 60.3 Å². The minimum absolute atomic E-state index is 0.0408. The van der Waals surface area contributed by atoms with E-state index in [1.165, 1.54) is 13.4 Å². The summed E-state index contributed by atoms with van der Waals surface area (Å²) in [6.07, 6.45) is 4.02. The standard InChI is InChI=1S/C18H21N3O4/c1-18(2,3)25-17(23)20-14(16(22)24-4)15(21-11-10-19-12-21)13-8-6-5-7-9-13/h5-12H,1-4H3,(H,20,23)/b15-14+. The van der Waals surface area contributed by atoms with Crippen molar-refractivity contribution >= 4 is 17.8 Å². The average molecular weight is 343 g/mol. The van der Waals surface area contributed by atoms with Gasteiger partial charge >= 0.3 is 12.1 Å². The summed E-state index contributed by atoms with van der Waals surface area (Å²) in [7, 11) is 1.25. The summed E-state index contributed by atoms with van der Waals surface area (Å²) in [6, 6.07) is 9.14. The molecular weight excluding hydrogens is 322 g/mol. The molecule has 0 saturated carbocycles. The number of amides is 1. The molecule has 0 fully saturated rings. The van der Waals surface area contributed by atoms with Gasteiger partial charge in [-0.1, -0.05) is 30.3 Å². The normalized spacial score (nSPS) is 12.2. The summed E-state index contributed by atoms with van der Waals surface area (Å²) in [5.74, 6) is -0.696. The van der Waals surface area contributed by atoms with Gasteiger partial charge in [-0.25, -0.2) is 14.6 Å². The van der Waals surface area contributed by atoms with E-state index in [0.717, 1.165) is 0 Å². The fourth-order valence-electron chi connectivity index (χ4n) is 2.12. The van der Waals surface area contributed by atoms with Gasteiger partial charge in [0.1, 0.15) is 5.60 Å². The molecule has 1 aromatic heterocycles. The van der Waals surface area contributed by atoms with Crippen LogP contribution in [-0.2, 0) is 14.3 Å². The molecule has 1 heterocycles. The molecule has 0 saturated heterocycles. The van der Waals surface area contributed by atoms with E-state index in [2.05, 4.69) is 10.3 Å². The van der Waals surface area contributed by atoms with Gasteiger partial charge < -0.3 is 14.0 Å². The van der Waals surface area contributed by atoms with E-state index in [1.54, 1.807) is 37.7 Å². The molecule has 7 heteroatoms. The van der Waals surface area contributed by atoms with E-state index < -0.39 is 17.7 Å². The van der Waals surface area contributed by atoms with Crippen LogP contribution in [0.25, 0.3) is 5.70 Å². The van der Waals surface area contributed by atoms with E-state index in [9.17, 15) is 9.59 Å². The van der Waals surface area contributed by atoms with Gasteiger partial charge in [-0.3, -0.25) is 5.32 Å². The van der Waals surface area contributed by atoms with Gasteiger partial charge in [0.2, 0.25) is 0 Å². The Balaban J connectivity index is 2.55. The first-order valence-corrected chi connectivity index (χ1v) is 7.68. The first-order valence-electron chi connectivity index (χ1n) is 7.68. The highest BCUT2D eigenvalue weighted by molar-refractivity contribution is 6.00. The predicted octanol–water partition coefficient (Wildman–Crippen LogP) is 2.80. The van der Waals surface area contributed by atoms with Crippen LogP contribution < -0.4 is 5.32 Å². The summed E-state index contributed by atoms with van der Waals surface area (Å²) in [4.78, 5) is 28.5. The van der Waals surface area contributed by atoms with Crippen LogP contribution in [0, 0.1) is 0 Å². The number of hydrogen-bond donors (Lipinski definition) is 1. The Morgan fingerprint density at radius 1 is 1.16 bits per heavy atom. The lowest BCUT2D eigenvalue weighted by atomic mass is 10.1. The highest BCUT2D eigenvalue weighted by Crippen LogP contribution is 2.21. The third-order valence-corrected chi connectivity index (χ3v) is 3.06. The molecule has 0 bridgehead atoms. The molecule has 2 rings (SSSR count). The van der Waals surface area contributed by atoms with Crippen LogP contribution in [-0.4, -0.2) is 34.3 Å². The van der Waals surface area contributed by atoms with Gasteiger partial charge in [0.15, 0.2) is 5.70 Å². The Labute approximate surface area is 146 Å². The number of imidazole rings is 1. The quantitative estimate of drug-likeness (QED) is 0.682. The molecule has 0 spiro atoms. The van der Waals surface area contributed by atoms with E-state index in [1.807, 2.05) is 30.3 Å². The van der Waals surface area contributed by atoms with Crippen molar-refractivity contribution in [1.29, 1.82) is 0 Å². The molecule has 0 aliphatic rings. The molecule has 0 aliphatic carbocycles. The first kappa shape index (κ1) is 18.3. The maximum Gasteiger partial charge on any atom is 0.412 e. The van der Waals surface area contributed by atoms with E-state index in [4.69, 9.17) is 9.47 Å². The number of nitrogens with one attached hydrogen (secondary N) is 1. The van der Waals surface area contributed by atoms with Gasteiger partial charge in [-0.15, -0.1) is 0 Å². The molecule has 1 aromatic carbocycles. The number of carbonyl (C=O) groups excluding carboxylic acids is 2. The zero-order chi connectivity index (χ0) is 18.4. The number of ether oxygens (including phenoxy) is 2. The topological polar surface area (TPSA) is 82.5 Å². The number of benzene rings is 1. The fourth-order valence-corrected chi connectivity index (χ4v) is 2.12. The number of alkyl carbamates (subject to hydrolysis) is 1. The summed E-state index contributed by atoms with van der Waals surface area (Å²) in [5, 5.41) is 2.51. The van der Waals surface area contributed by atoms with E-state index >= 15 is 0 Å². The van der Waals surface area contributed by atoms with Crippen molar-refractivity contribution in [2.75, 3.05) is 7.11 Å². The zero-order valence-corrected chi connectivity index (χ0v) is 14.6. The van der Waals surface area contributed by atoms with Crippen molar-refractivity contribution in [2.24, 2.45) is 0 Å². The highest BCUT2D eigenvalue weighted by atomic mass is 16.6. The van der Waals surface area contributed by atoms with Gasteiger partial charge in [0, 0.05) is 18.0 Å². The third kappa shape index (κ3) is 4.94. The van der Waals surface area contributed by atoms with Gasteiger partial charge in [0.25, 0.3) is 0 Å². The zero-order valence-electron chi connectivity index (χ0n) is 14.6. The molecule has 0 radical (unpaired) electrons. The number of esters is 1. The van der Waals surface area contributed by atoms with Crippen molar-refractivity contribution < 1.29 is 19.1 Å². The highest BCUT2D eigenvalue weighted by Gasteiger charge is 2.24. The van der Waals surface area contributed by atoms with Crippen LogP contribution >= 0.6 is 0 Å². The van der Waals surface area contributed by atoms with Crippen molar-refractivity contribution in [3.63, 3.8) is 0 Å². The smallest absolute Gasteiger partial charge is 0.412 e. The number of aromatic nitrogens is 2. The molecule has 0 atom stereocenters. The number of nitrogens with zero attached hydrogens (tertiary/aromatic N) is 2. The second-order valence-electron chi connectivity index (χ2n) is 6.18. The molecular formula is C18H21N3O4. The van der Waals surface area contributed by atoms with E-state index in [-0.39, 0.29) is 5.70 Å². The second kappa shape index (κ2) is 7.65. The van der Waals surface area contributed by atoms with Crippen molar-refractivity contribution in [1.82, 2.24) is 14.9 Å². The number of hydrogen-bond acceptors (Lipinski definition) is 5.